The van der Waals surface area contributed by atoms with Gasteiger partial charge in [-0.1, -0.05) is 13.0 Å². The summed E-state index contributed by atoms with van der Waals surface area (Å²) in [6, 6.07) is 5.17. The number of carbonyl (C=O) groups excluding carboxylic acids is 1. The molecular weight excluding hydrogens is 242 g/mol. The standard InChI is InChI=1S/C14H15N3O2/c1-2-10-4-3-6-16-12(10)9-17-14(19)11-8-15-7-5-13(11)18/h3-8H,2,9H2,1H3,(H,15,18)(H,17,19). The fraction of sp³-hybridized carbons (Fsp3) is 0.214. The third-order valence-corrected chi connectivity index (χ3v) is 2.85. The predicted molar refractivity (Wildman–Crippen MR) is 71.8 cm³/mol. The van der Waals surface area contributed by atoms with Crippen molar-refractivity contribution in [3.05, 3.63) is 63.8 Å². The molecule has 0 spiro atoms. The lowest BCUT2D eigenvalue weighted by Gasteiger charge is -2.07. The Bertz CT molecular complexity index is 634. The first-order chi connectivity index (χ1) is 9.22. The Morgan fingerprint density at radius 1 is 1.42 bits per heavy atom. The summed E-state index contributed by atoms with van der Waals surface area (Å²) >= 11 is 0. The Morgan fingerprint density at radius 3 is 3.00 bits per heavy atom. The molecule has 0 fully saturated rings. The van der Waals surface area contributed by atoms with Crippen LogP contribution in [0.3, 0.4) is 0 Å². The Kier molecular flexibility index (Phi) is 4.07. The maximum Gasteiger partial charge on any atom is 0.257 e. The number of aromatic amines is 1. The van der Waals surface area contributed by atoms with Crippen LogP contribution in [0, 0.1) is 0 Å². The molecule has 0 aromatic carbocycles. The highest BCUT2D eigenvalue weighted by Gasteiger charge is 2.10. The Labute approximate surface area is 110 Å². The second-order valence-corrected chi connectivity index (χ2v) is 4.07. The molecule has 19 heavy (non-hydrogen) atoms. The number of hydrogen-bond donors (Lipinski definition) is 2. The van der Waals surface area contributed by atoms with Crippen LogP contribution < -0.4 is 10.7 Å². The Morgan fingerprint density at radius 2 is 2.26 bits per heavy atom. The predicted octanol–water partition coefficient (Wildman–Crippen LogP) is 1.26. The Balaban J connectivity index is 2.09. The number of H-pyrrole nitrogens is 1. The number of pyridine rings is 2. The van der Waals surface area contributed by atoms with Gasteiger partial charge in [-0.25, -0.2) is 0 Å². The van der Waals surface area contributed by atoms with Crippen molar-refractivity contribution in [3.63, 3.8) is 0 Å². The molecular formula is C14H15N3O2. The van der Waals surface area contributed by atoms with E-state index in [0.717, 1.165) is 17.7 Å². The van der Waals surface area contributed by atoms with E-state index in [0.29, 0.717) is 6.54 Å². The molecule has 0 unspecified atom stereocenters. The van der Waals surface area contributed by atoms with Gasteiger partial charge in [0.2, 0.25) is 0 Å². The van der Waals surface area contributed by atoms with Crippen LogP contribution in [0.1, 0.15) is 28.5 Å². The molecule has 5 nitrogen and oxygen atoms in total. The molecule has 1 amide bonds. The van der Waals surface area contributed by atoms with Crippen molar-refractivity contribution in [3.8, 4) is 0 Å². The number of aromatic nitrogens is 2. The highest BCUT2D eigenvalue weighted by Crippen LogP contribution is 2.05. The molecule has 0 aliphatic rings. The van der Waals surface area contributed by atoms with Crippen molar-refractivity contribution in [1.82, 2.24) is 15.3 Å². The van der Waals surface area contributed by atoms with Crippen LogP contribution in [0.2, 0.25) is 0 Å². The molecule has 98 valence electrons. The van der Waals surface area contributed by atoms with E-state index in [-0.39, 0.29) is 11.0 Å². The Hall–Kier alpha value is -2.43. The first-order valence-corrected chi connectivity index (χ1v) is 6.10. The van der Waals surface area contributed by atoms with Gasteiger partial charge in [-0.2, -0.15) is 0 Å². The third-order valence-electron chi connectivity index (χ3n) is 2.85. The molecule has 2 aromatic heterocycles. The monoisotopic (exact) mass is 257 g/mol. The summed E-state index contributed by atoms with van der Waals surface area (Å²) in [6.45, 7) is 2.35. The van der Waals surface area contributed by atoms with Gasteiger partial charge < -0.3 is 10.3 Å². The highest BCUT2D eigenvalue weighted by atomic mass is 16.2. The van der Waals surface area contributed by atoms with Gasteiger partial charge in [0.15, 0.2) is 5.43 Å². The molecule has 0 saturated carbocycles. The minimum absolute atomic E-state index is 0.108. The molecule has 2 heterocycles. The van der Waals surface area contributed by atoms with E-state index in [1.54, 1.807) is 6.20 Å². The van der Waals surface area contributed by atoms with Gasteiger partial charge in [-0.15, -0.1) is 0 Å². The largest absolute Gasteiger partial charge is 0.367 e. The molecule has 5 heteroatoms. The van der Waals surface area contributed by atoms with Gasteiger partial charge in [0.25, 0.3) is 5.91 Å². The zero-order valence-corrected chi connectivity index (χ0v) is 10.6. The first-order valence-electron chi connectivity index (χ1n) is 6.10. The smallest absolute Gasteiger partial charge is 0.257 e. The average Bonchev–Trinajstić information content (AvgIpc) is 2.45. The number of rotatable bonds is 4. The molecule has 0 atom stereocenters. The fourth-order valence-electron chi connectivity index (χ4n) is 1.81. The van der Waals surface area contributed by atoms with Crippen LogP contribution in [0.5, 0.6) is 0 Å². The lowest BCUT2D eigenvalue weighted by atomic mass is 10.1. The van der Waals surface area contributed by atoms with Crippen molar-refractivity contribution in [2.24, 2.45) is 0 Å². The number of nitrogens with one attached hydrogen (secondary N) is 2. The first kappa shape index (κ1) is 13.0. The van der Waals surface area contributed by atoms with Crippen LogP contribution in [0.15, 0.2) is 41.6 Å². The molecule has 2 rings (SSSR count). The van der Waals surface area contributed by atoms with E-state index in [1.165, 1.54) is 18.5 Å². The number of amides is 1. The summed E-state index contributed by atoms with van der Waals surface area (Å²) in [5, 5.41) is 2.71. The average molecular weight is 257 g/mol. The van der Waals surface area contributed by atoms with E-state index in [9.17, 15) is 9.59 Å². The van der Waals surface area contributed by atoms with Gasteiger partial charge in [0.05, 0.1) is 12.2 Å². The lowest BCUT2D eigenvalue weighted by molar-refractivity contribution is 0.0949. The van der Waals surface area contributed by atoms with E-state index >= 15 is 0 Å². The maximum atomic E-state index is 11.9. The molecule has 0 bridgehead atoms. The summed E-state index contributed by atoms with van der Waals surface area (Å²) in [6.07, 6.45) is 5.44. The minimum Gasteiger partial charge on any atom is -0.367 e. The van der Waals surface area contributed by atoms with Crippen LogP contribution in [-0.4, -0.2) is 15.9 Å². The summed E-state index contributed by atoms with van der Waals surface area (Å²) in [5.74, 6) is -0.394. The van der Waals surface area contributed by atoms with E-state index in [1.807, 2.05) is 19.1 Å². The molecule has 0 aliphatic heterocycles. The van der Waals surface area contributed by atoms with E-state index in [4.69, 9.17) is 0 Å². The normalized spacial score (nSPS) is 10.2. The van der Waals surface area contributed by atoms with Gasteiger partial charge in [-0.05, 0) is 18.1 Å². The number of nitrogens with zero attached hydrogens (tertiary/aromatic N) is 1. The SMILES string of the molecule is CCc1cccnc1CNC(=O)c1c[nH]ccc1=O. The zero-order valence-electron chi connectivity index (χ0n) is 10.6. The van der Waals surface area contributed by atoms with Crippen LogP contribution >= 0.6 is 0 Å². The molecule has 2 aromatic rings. The number of carbonyl (C=O) groups is 1. The molecule has 0 radical (unpaired) electrons. The summed E-state index contributed by atoms with van der Waals surface area (Å²) < 4.78 is 0. The highest BCUT2D eigenvalue weighted by molar-refractivity contribution is 5.93. The molecule has 0 aliphatic carbocycles. The number of hydrogen-bond acceptors (Lipinski definition) is 3. The van der Waals surface area contributed by atoms with Crippen molar-refractivity contribution in [1.29, 1.82) is 0 Å². The second kappa shape index (κ2) is 5.95. The summed E-state index contributed by atoms with van der Waals surface area (Å²) in [7, 11) is 0. The van der Waals surface area contributed by atoms with Crippen LogP contribution in [-0.2, 0) is 13.0 Å². The topological polar surface area (TPSA) is 74.8 Å². The van der Waals surface area contributed by atoms with Crippen molar-refractivity contribution in [2.45, 2.75) is 19.9 Å². The fourth-order valence-corrected chi connectivity index (χ4v) is 1.81. The summed E-state index contributed by atoms with van der Waals surface area (Å²) in [4.78, 5) is 30.3. The van der Waals surface area contributed by atoms with Crippen LogP contribution in [0.4, 0.5) is 0 Å². The summed E-state index contributed by atoms with van der Waals surface area (Å²) in [5.41, 5.74) is 1.72. The minimum atomic E-state index is -0.394. The van der Waals surface area contributed by atoms with Crippen molar-refractivity contribution in [2.75, 3.05) is 0 Å². The zero-order chi connectivity index (χ0) is 13.7. The molecule has 0 saturated heterocycles. The molecule has 2 N–H and O–H groups in total. The van der Waals surface area contributed by atoms with Crippen molar-refractivity contribution < 1.29 is 4.79 Å². The van der Waals surface area contributed by atoms with Gasteiger partial charge in [0, 0.05) is 24.7 Å². The van der Waals surface area contributed by atoms with Crippen molar-refractivity contribution >= 4 is 5.91 Å². The second-order valence-electron chi connectivity index (χ2n) is 4.07. The van der Waals surface area contributed by atoms with E-state index < -0.39 is 5.91 Å². The maximum absolute atomic E-state index is 11.9. The van der Waals surface area contributed by atoms with Gasteiger partial charge in [-0.3, -0.25) is 14.6 Å². The lowest BCUT2D eigenvalue weighted by Crippen LogP contribution is -2.28. The van der Waals surface area contributed by atoms with Gasteiger partial charge in [0.1, 0.15) is 5.56 Å². The third kappa shape index (κ3) is 3.07. The van der Waals surface area contributed by atoms with Gasteiger partial charge >= 0.3 is 0 Å². The quantitative estimate of drug-likeness (QED) is 0.866. The van der Waals surface area contributed by atoms with E-state index in [2.05, 4.69) is 15.3 Å². The number of aryl methyl sites for hydroxylation is 1. The van der Waals surface area contributed by atoms with Crippen LogP contribution in [0.25, 0.3) is 0 Å².